The van der Waals surface area contributed by atoms with Crippen LogP contribution in [0.15, 0.2) is 45.9 Å². The third-order valence-electron chi connectivity index (χ3n) is 4.32. The van der Waals surface area contributed by atoms with E-state index in [-0.39, 0.29) is 42.8 Å². The number of carbonyl (C=O) groups excluding carboxylic acids is 1. The fraction of sp³-hybridized carbons (Fsp3) is 0.353. The fourth-order valence-electron chi connectivity index (χ4n) is 2.81. The van der Waals surface area contributed by atoms with E-state index in [1.165, 1.54) is 29.8 Å². The summed E-state index contributed by atoms with van der Waals surface area (Å²) in [5.41, 5.74) is 5.91. The Bertz CT molecular complexity index is 874. The standard InChI is InChI=1S/C17H21N3O5S.ClH/c1-24-14-2-4-16(5-3-14)26(22,23)20-8-6-19(7-9-20)17(21)13-10-15(11-18)25-12-13;/h2-5,10,12H,6-9,11,18H2,1H3;1H. The van der Waals surface area contributed by atoms with Crippen molar-refractivity contribution >= 4 is 28.3 Å². The molecule has 0 aliphatic carbocycles. The molecule has 0 radical (unpaired) electrons. The lowest BCUT2D eigenvalue weighted by Crippen LogP contribution is -2.50. The van der Waals surface area contributed by atoms with Crippen molar-refractivity contribution in [1.82, 2.24) is 9.21 Å². The van der Waals surface area contributed by atoms with Crippen molar-refractivity contribution in [3.63, 3.8) is 0 Å². The van der Waals surface area contributed by atoms with E-state index in [2.05, 4.69) is 0 Å². The fourth-order valence-corrected chi connectivity index (χ4v) is 4.23. The second-order valence-corrected chi connectivity index (χ2v) is 7.82. The maximum Gasteiger partial charge on any atom is 0.257 e. The predicted molar refractivity (Wildman–Crippen MR) is 102 cm³/mol. The molecule has 10 heteroatoms. The number of sulfonamides is 1. The molecule has 1 fully saturated rings. The van der Waals surface area contributed by atoms with Crippen LogP contribution in [0.25, 0.3) is 0 Å². The van der Waals surface area contributed by atoms with E-state index in [9.17, 15) is 13.2 Å². The van der Waals surface area contributed by atoms with Gasteiger partial charge in [-0.25, -0.2) is 8.42 Å². The van der Waals surface area contributed by atoms with E-state index in [1.54, 1.807) is 23.1 Å². The average Bonchev–Trinajstić information content (AvgIpc) is 3.17. The van der Waals surface area contributed by atoms with E-state index >= 15 is 0 Å². The Morgan fingerprint density at radius 3 is 2.33 bits per heavy atom. The number of piperazine rings is 1. The van der Waals surface area contributed by atoms with E-state index in [0.717, 1.165) is 0 Å². The lowest BCUT2D eigenvalue weighted by atomic mass is 10.2. The monoisotopic (exact) mass is 415 g/mol. The molecule has 1 aliphatic rings. The summed E-state index contributed by atoms with van der Waals surface area (Å²) < 4.78 is 37.1. The highest BCUT2D eigenvalue weighted by Crippen LogP contribution is 2.21. The molecule has 27 heavy (non-hydrogen) atoms. The minimum atomic E-state index is -3.60. The number of carbonyl (C=O) groups is 1. The summed E-state index contributed by atoms with van der Waals surface area (Å²) in [6.07, 6.45) is 1.38. The molecule has 1 aromatic heterocycles. The average molecular weight is 416 g/mol. The Labute approximate surface area is 164 Å². The Kier molecular flexibility index (Phi) is 6.88. The number of halogens is 1. The number of hydrogen-bond donors (Lipinski definition) is 1. The van der Waals surface area contributed by atoms with Gasteiger partial charge in [0.1, 0.15) is 17.8 Å². The molecule has 8 nitrogen and oxygen atoms in total. The minimum absolute atomic E-state index is 0. The molecule has 1 aromatic carbocycles. The van der Waals surface area contributed by atoms with E-state index in [0.29, 0.717) is 30.2 Å². The number of benzene rings is 1. The van der Waals surface area contributed by atoms with Crippen LogP contribution in [0.1, 0.15) is 16.1 Å². The maximum atomic E-state index is 12.7. The van der Waals surface area contributed by atoms with Gasteiger partial charge in [-0.2, -0.15) is 4.31 Å². The second kappa shape index (κ2) is 8.75. The van der Waals surface area contributed by atoms with Gasteiger partial charge in [-0.05, 0) is 30.3 Å². The first-order chi connectivity index (χ1) is 12.5. The summed E-state index contributed by atoms with van der Waals surface area (Å²) in [7, 11) is -2.07. The van der Waals surface area contributed by atoms with Crippen molar-refractivity contribution in [2.24, 2.45) is 5.73 Å². The molecule has 0 bridgehead atoms. The number of methoxy groups -OCH3 is 1. The van der Waals surface area contributed by atoms with Crippen LogP contribution in [-0.2, 0) is 16.6 Å². The number of ether oxygens (including phenoxy) is 1. The molecule has 2 heterocycles. The van der Waals surface area contributed by atoms with Crippen LogP contribution in [0.2, 0.25) is 0 Å². The second-order valence-electron chi connectivity index (χ2n) is 5.88. The first-order valence-corrected chi connectivity index (χ1v) is 9.60. The highest BCUT2D eigenvalue weighted by atomic mass is 35.5. The third kappa shape index (κ3) is 4.44. The lowest BCUT2D eigenvalue weighted by Gasteiger charge is -2.33. The number of hydrogen-bond acceptors (Lipinski definition) is 6. The number of rotatable bonds is 5. The van der Waals surface area contributed by atoms with Gasteiger partial charge in [0.05, 0.1) is 24.1 Å². The zero-order chi connectivity index (χ0) is 18.7. The van der Waals surface area contributed by atoms with Crippen LogP contribution in [0.5, 0.6) is 5.75 Å². The van der Waals surface area contributed by atoms with Crippen molar-refractivity contribution < 1.29 is 22.4 Å². The van der Waals surface area contributed by atoms with Crippen molar-refractivity contribution in [2.75, 3.05) is 33.3 Å². The normalized spacial score (nSPS) is 15.3. The SMILES string of the molecule is COc1ccc(S(=O)(=O)N2CCN(C(=O)c3coc(CN)c3)CC2)cc1.Cl. The first-order valence-electron chi connectivity index (χ1n) is 8.16. The Morgan fingerprint density at radius 1 is 1.19 bits per heavy atom. The van der Waals surface area contributed by atoms with Gasteiger partial charge in [0, 0.05) is 26.2 Å². The van der Waals surface area contributed by atoms with Crippen LogP contribution >= 0.6 is 12.4 Å². The molecule has 3 rings (SSSR count). The smallest absolute Gasteiger partial charge is 0.257 e. The van der Waals surface area contributed by atoms with Gasteiger partial charge in [0.25, 0.3) is 5.91 Å². The molecule has 0 atom stereocenters. The van der Waals surface area contributed by atoms with Crippen LogP contribution in [0.4, 0.5) is 0 Å². The van der Waals surface area contributed by atoms with Crippen LogP contribution < -0.4 is 10.5 Å². The molecule has 148 valence electrons. The molecular weight excluding hydrogens is 394 g/mol. The molecule has 1 aliphatic heterocycles. The molecule has 2 N–H and O–H groups in total. The van der Waals surface area contributed by atoms with Gasteiger partial charge in [-0.3, -0.25) is 4.79 Å². The zero-order valence-electron chi connectivity index (χ0n) is 14.8. The van der Waals surface area contributed by atoms with Gasteiger partial charge in [0.2, 0.25) is 10.0 Å². The minimum Gasteiger partial charge on any atom is -0.497 e. The lowest BCUT2D eigenvalue weighted by molar-refractivity contribution is 0.0697. The van der Waals surface area contributed by atoms with Crippen molar-refractivity contribution in [3.8, 4) is 5.75 Å². The van der Waals surface area contributed by atoms with Gasteiger partial charge >= 0.3 is 0 Å². The Hall–Kier alpha value is -2.07. The molecule has 0 saturated carbocycles. The van der Waals surface area contributed by atoms with Gasteiger partial charge in [-0.15, -0.1) is 12.4 Å². The summed E-state index contributed by atoms with van der Waals surface area (Å²) in [5, 5.41) is 0. The topological polar surface area (TPSA) is 106 Å². The Morgan fingerprint density at radius 2 is 1.81 bits per heavy atom. The van der Waals surface area contributed by atoms with E-state index in [4.69, 9.17) is 14.9 Å². The largest absolute Gasteiger partial charge is 0.497 e. The summed E-state index contributed by atoms with van der Waals surface area (Å²) >= 11 is 0. The first kappa shape index (κ1) is 21.2. The van der Waals surface area contributed by atoms with E-state index in [1.807, 2.05) is 0 Å². The zero-order valence-corrected chi connectivity index (χ0v) is 16.5. The number of amides is 1. The number of furan rings is 1. The van der Waals surface area contributed by atoms with Crippen LogP contribution in [0, 0.1) is 0 Å². The molecule has 1 saturated heterocycles. The molecule has 0 unspecified atom stereocenters. The highest BCUT2D eigenvalue weighted by Gasteiger charge is 2.30. The number of nitrogens with two attached hydrogens (primary N) is 1. The van der Waals surface area contributed by atoms with E-state index < -0.39 is 10.0 Å². The summed E-state index contributed by atoms with van der Waals surface area (Å²) in [4.78, 5) is 14.3. The maximum absolute atomic E-state index is 12.7. The van der Waals surface area contributed by atoms with Crippen LogP contribution in [0.3, 0.4) is 0 Å². The Balaban J connectivity index is 0.00000261. The highest BCUT2D eigenvalue weighted by molar-refractivity contribution is 7.89. The number of nitrogens with zero attached hydrogens (tertiary/aromatic N) is 2. The van der Waals surface area contributed by atoms with Gasteiger partial charge < -0.3 is 19.8 Å². The predicted octanol–water partition coefficient (Wildman–Crippen LogP) is 1.32. The van der Waals surface area contributed by atoms with Crippen molar-refractivity contribution in [3.05, 3.63) is 47.9 Å². The van der Waals surface area contributed by atoms with Gasteiger partial charge in [0.15, 0.2) is 0 Å². The molecule has 2 aromatic rings. The van der Waals surface area contributed by atoms with Gasteiger partial charge in [-0.1, -0.05) is 0 Å². The third-order valence-corrected chi connectivity index (χ3v) is 6.24. The summed E-state index contributed by atoms with van der Waals surface area (Å²) in [5.74, 6) is 0.945. The van der Waals surface area contributed by atoms with Crippen molar-refractivity contribution in [1.29, 1.82) is 0 Å². The molecule has 0 spiro atoms. The summed E-state index contributed by atoms with van der Waals surface area (Å²) in [6.45, 7) is 1.33. The molecule has 1 amide bonds. The van der Waals surface area contributed by atoms with Crippen molar-refractivity contribution in [2.45, 2.75) is 11.4 Å². The summed E-state index contributed by atoms with van der Waals surface area (Å²) in [6, 6.07) is 7.88. The molecular formula is C17H22ClN3O5S. The quantitative estimate of drug-likeness (QED) is 0.789. The van der Waals surface area contributed by atoms with Crippen LogP contribution in [-0.4, -0.2) is 56.8 Å².